The Kier molecular flexibility index (Phi) is 2.92. The van der Waals surface area contributed by atoms with Gasteiger partial charge in [-0.1, -0.05) is 13.0 Å². The first-order valence-electron chi connectivity index (χ1n) is 4.31. The van der Waals surface area contributed by atoms with Crippen LogP contribution in [0, 0.1) is 18.3 Å². The number of aryl methyl sites for hydroxylation is 1. The average Bonchev–Trinajstić information content (AvgIpc) is 2.04. The van der Waals surface area contributed by atoms with Crippen LogP contribution in [0.2, 0.25) is 0 Å². The quantitative estimate of drug-likeness (QED) is 0.751. The van der Waals surface area contributed by atoms with Gasteiger partial charge in [-0.15, -0.1) is 0 Å². The third-order valence-corrected chi connectivity index (χ3v) is 2.18. The molecule has 1 rings (SSSR count). The Morgan fingerprint density at radius 2 is 2.23 bits per heavy atom. The van der Waals surface area contributed by atoms with E-state index in [0.717, 1.165) is 11.1 Å². The summed E-state index contributed by atoms with van der Waals surface area (Å²) in [5.74, 6) is 0.524. The van der Waals surface area contributed by atoms with Crippen molar-refractivity contribution in [3.05, 3.63) is 29.3 Å². The number of hydrogen-bond donors (Lipinski definition) is 1. The maximum Gasteiger partial charge on any atom is 0.115 e. The van der Waals surface area contributed by atoms with Crippen molar-refractivity contribution in [2.75, 3.05) is 0 Å². The standard InChI is InChI=1S/C11H13NO/c1-8(5-6-12)11-4-3-10(13)7-9(11)2/h3-4,7-8,13H,5H2,1-2H3. The first-order valence-corrected chi connectivity index (χ1v) is 4.31. The molecule has 2 heteroatoms. The fourth-order valence-corrected chi connectivity index (χ4v) is 1.46. The molecule has 0 saturated heterocycles. The number of nitrogens with zero attached hydrogens (tertiary/aromatic N) is 1. The highest BCUT2D eigenvalue weighted by atomic mass is 16.3. The van der Waals surface area contributed by atoms with Crippen LogP contribution in [-0.2, 0) is 0 Å². The molecule has 0 aliphatic heterocycles. The molecule has 0 spiro atoms. The SMILES string of the molecule is Cc1cc(O)ccc1C(C)CC#N. The molecule has 0 aliphatic rings. The lowest BCUT2D eigenvalue weighted by Gasteiger charge is -2.10. The van der Waals surface area contributed by atoms with Crippen LogP contribution in [0.15, 0.2) is 18.2 Å². The monoisotopic (exact) mass is 175 g/mol. The highest BCUT2D eigenvalue weighted by Crippen LogP contribution is 2.24. The van der Waals surface area contributed by atoms with Gasteiger partial charge in [-0.2, -0.15) is 5.26 Å². The Morgan fingerprint density at radius 1 is 1.54 bits per heavy atom. The molecule has 1 unspecified atom stereocenters. The van der Waals surface area contributed by atoms with Gasteiger partial charge in [0.25, 0.3) is 0 Å². The van der Waals surface area contributed by atoms with Crippen LogP contribution in [-0.4, -0.2) is 5.11 Å². The van der Waals surface area contributed by atoms with E-state index in [1.807, 2.05) is 19.9 Å². The smallest absolute Gasteiger partial charge is 0.115 e. The Labute approximate surface area is 78.4 Å². The van der Waals surface area contributed by atoms with Crippen molar-refractivity contribution in [2.24, 2.45) is 0 Å². The Balaban J connectivity index is 2.96. The summed E-state index contributed by atoms with van der Waals surface area (Å²) in [6, 6.07) is 7.42. The molecular weight excluding hydrogens is 162 g/mol. The highest BCUT2D eigenvalue weighted by Gasteiger charge is 2.07. The van der Waals surface area contributed by atoms with Crippen molar-refractivity contribution in [2.45, 2.75) is 26.2 Å². The summed E-state index contributed by atoms with van der Waals surface area (Å²) in [5, 5.41) is 17.7. The third-order valence-electron chi connectivity index (χ3n) is 2.18. The molecule has 2 nitrogen and oxygen atoms in total. The summed E-state index contributed by atoms with van der Waals surface area (Å²) in [7, 11) is 0. The summed E-state index contributed by atoms with van der Waals surface area (Å²) >= 11 is 0. The van der Waals surface area contributed by atoms with Crippen LogP contribution in [0.4, 0.5) is 0 Å². The van der Waals surface area contributed by atoms with Crippen LogP contribution in [0.25, 0.3) is 0 Å². The molecule has 0 radical (unpaired) electrons. The molecule has 1 N–H and O–H groups in total. The van der Waals surface area contributed by atoms with Gasteiger partial charge in [-0.25, -0.2) is 0 Å². The molecule has 1 aromatic rings. The number of hydrogen-bond acceptors (Lipinski definition) is 2. The van der Waals surface area contributed by atoms with E-state index in [0.29, 0.717) is 6.42 Å². The van der Waals surface area contributed by atoms with Gasteiger partial charge in [0.1, 0.15) is 5.75 Å². The molecule has 0 bridgehead atoms. The molecule has 13 heavy (non-hydrogen) atoms. The summed E-state index contributed by atoms with van der Waals surface area (Å²) in [5.41, 5.74) is 2.18. The Hall–Kier alpha value is -1.49. The number of benzene rings is 1. The molecule has 1 aromatic carbocycles. The van der Waals surface area contributed by atoms with E-state index in [4.69, 9.17) is 5.26 Å². The minimum absolute atomic E-state index is 0.241. The predicted molar refractivity (Wildman–Crippen MR) is 51.5 cm³/mol. The minimum atomic E-state index is 0.241. The summed E-state index contributed by atoms with van der Waals surface area (Å²) in [6.45, 7) is 3.96. The third kappa shape index (κ3) is 2.22. The molecule has 0 fully saturated rings. The molecule has 1 atom stereocenters. The van der Waals surface area contributed by atoms with Gasteiger partial charge in [-0.3, -0.25) is 0 Å². The predicted octanol–water partition coefficient (Wildman–Crippen LogP) is 2.72. The first-order chi connectivity index (χ1) is 6.15. The second-order valence-electron chi connectivity index (χ2n) is 3.30. The lowest BCUT2D eigenvalue weighted by atomic mass is 9.94. The van der Waals surface area contributed by atoms with Crippen molar-refractivity contribution < 1.29 is 5.11 Å². The second kappa shape index (κ2) is 3.95. The zero-order valence-electron chi connectivity index (χ0n) is 7.91. The van der Waals surface area contributed by atoms with Gasteiger partial charge in [0.2, 0.25) is 0 Å². The molecular formula is C11H13NO. The minimum Gasteiger partial charge on any atom is -0.508 e. The van der Waals surface area contributed by atoms with Crippen LogP contribution in [0.5, 0.6) is 5.75 Å². The molecule has 0 amide bonds. The van der Waals surface area contributed by atoms with Crippen molar-refractivity contribution in [3.8, 4) is 11.8 Å². The van der Waals surface area contributed by atoms with Crippen LogP contribution < -0.4 is 0 Å². The Morgan fingerprint density at radius 3 is 2.77 bits per heavy atom. The van der Waals surface area contributed by atoms with E-state index < -0.39 is 0 Å². The molecule has 0 aromatic heterocycles. The van der Waals surface area contributed by atoms with Gasteiger partial charge < -0.3 is 5.11 Å². The van der Waals surface area contributed by atoms with E-state index in [1.165, 1.54) is 0 Å². The molecule has 0 heterocycles. The second-order valence-corrected chi connectivity index (χ2v) is 3.30. The first kappa shape index (κ1) is 9.60. The van der Waals surface area contributed by atoms with Crippen LogP contribution >= 0.6 is 0 Å². The van der Waals surface area contributed by atoms with Gasteiger partial charge >= 0.3 is 0 Å². The zero-order valence-corrected chi connectivity index (χ0v) is 7.91. The van der Waals surface area contributed by atoms with Crippen LogP contribution in [0.1, 0.15) is 30.4 Å². The number of rotatable bonds is 2. The largest absolute Gasteiger partial charge is 0.508 e. The van der Waals surface area contributed by atoms with Gasteiger partial charge in [0, 0.05) is 6.42 Å². The van der Waals surface area contributed by atoms with Crippen molar-refractivity contribution in [1.82, 2.24) is 0 Å². The average molecular weight is 175 g/mol. The number of phenolic OH excluding ortho intramolecular Hbond substituents is 1. The van der Waals surface area contributed by atoms with Crippen LogP contribution in [0.3, 0.4) is 0 Å². The van der Waals surface area contributed by atoms with Gasteiger partial charge in [0.15, 0.2) is 0 Å². The maximum atomic E-state index is 9.18. The van der Waals surface area contributed by atoms with Crippen molar-refractivity contribution in [3.63, 3.8) is 0 Å². The normalized spacial score (nSPS) is 12.1. The Bertz CT molecular complexity index is 338. The number of aromatic hydroxyl groups is 1. The van der Waals surface area contributed by atoms with E-state index in [9.17, 15) is 5.11 Å². The molecule has 0 saturated carbocycles. The molecule has 68 valence electrons. The summed E-state index contributed by atoms with van der Waals surface area (Å²) < 4.78 is 0. The summed E-state index contributed by atoms with van der Waals surface area (Å²) in [4.78, 5) is 0. The molecule has 0 aliphatic carbocycles. The van der Waals surface area contributed by atoms with E-state index in [2.05, 4.69) is 6.07 Å². The summed E-state index contributed by atoms with van der Waals surface area (Å²) in [6.07, 6.45) is 0.519. The van der Waals surface area contributed by atoms with E-state index in [-0.39, 0.29) is 11.7 Å². The lowest BCUT2D eigenvalue weighted by molar-refractivity contribution is 0.474. The fraction of sp³-hybridized carbons (Fsp3) is 0.364. The van der Waals surface area contributed by atoms with Gasteiger partial charge in [0.05, 0.1) is 6.07 Å². The van der Waals surface area contributed by atoms with E-state index >= 15 is 0 Å². The van der Waals surface area contributed by atoms with Crippen molar-refractivity contribution in [1.29, 1.82) is 5.26 Å². The zero-order chi connectivity index (χ0) is 9.84. The van der Waals surface area contributed by atoms with Gasteiger partial charge in [-0.05, 0) is 36.1 Å². The fourth-order valence-electron chi connectivity index (χ4n) is 1.46. The number of nitriles is 1. The number of phenols is 1. The maximum absolute atomic E-state index is 9.18. The van der Waals surface area contributed by atoms with Crippen molar-refractivity contribution >= 4 is 0 Å². The topological polar surface area (TPSA) is 44.0 Å². The lowest BCUT2D eigenvalue weighted by Crippen LogP contribution is -1.94. The van der Waals surface area contributed by atoms with E-state index in [1.54, 1.807) is 12.1 Å². The highest BCUT2D eigenvalue weighted by molar-refractivity contribution is 5.36.